The van der Waals surface area contributed by atoms with Crippen molar-refractivity contribution in [2.24, 2.45) is 23.2 Å². The fraction of sp³-hybridized carbons (Fsp3) is 0.696. The standard InChI is InChI=1S/C23H36O4/c1-4-5-12-23(2,3)21(25)11-10-18-19-14-16(8-6-7-9-22(26)27)13-17(19)15-20(18)24/h6,8,10-11,13,17-21,24-25H,4-5,7,9,12,14-15H2,1-3H3,(H,26,27)/b8-6?,11-10-/t17-,18-,19-,20+,21-/m0/s1. The summed E-state index contributed by atoms with van der Waals surface area (Å²) in [7, 11) is 0. The number of unbranched alkanes of at least 4 members (excludes halogenated alkanes) is 1. The molecular weight excluding hydrogens is 340 g/mol. The second-order valence-corrected chi connectivity index (χ2v) is 8.91. The molecule has 0 spiro atoms. The summed E-state index contributed by atoms with van der Waals surface area (Å²) in [5.41, 5.74) is 1.09. The van der Waals surface area contributed by atoms with Gasteiger partial charge in [0.1, 0.15) is 0 Å². The van der Waals surface area contributed by atoms with E-state index in [1.54, 1.807) is 0 Å². The number of hydrogen-bond donors (Lipinski definition) is 3. The molecule has 0 aromatic carbocycles. The summed E-state index contributed by atoms with van der Waals surface area (Å²) in [6.07, 6.45) is 14.9. The Labute approximate surface area is 163 Å². The van der Waals surface area contributed by atoms with Gasteiger partial charge in [-0.15, -0.1) is 0 Å². The van der Waals surface area contributed by atoms with E-state index in [4.69, 9.17) is 5.11 Å². The van der Waals surface area contributed by atoms with Crippen molar-refractivity contribution in [3.05, 3.63) is 36.0 Å². The number of aliphatic carboxylic acids is 1. The second kappa shape index (κ2) is 9.70. The van der Waals surface area contributed by atoms with Crippen molar-refractivity contribution >= 4 is 5.97 Å². The van der Waals surface area contributed by atoms with Gasteiger partial charge < -0.3 is 15.3 Å². The Bertz CT molecular complexity index is 587. The van der Waals surface area contributed by atoms with E-state index in [0.717, 1.165) is 32.1 Å². The number of aliphatic hydroxyl groups excluding tert-OH is 2. The van der Waals surface area contributed by atoms with Gasteiger partial charge in [-0.1, -0.05) is 69.6 Å². The van der Waals surface area contributed by atoms with Crippen LogP contribution in [0, 0.1) is 23.2 Å². The first-order chi connectivity index (χ1) is 12.7. The first kappa shape index (κ1) is 21.9. The SMILES string of the molecule is CCCCC(C)(C)[C@@H](O)/C=C\[C@H]1[C@H]2CC(C=CCCC(=O)O)=C[C@H]2C[C@H]1O. The van der Waals surface area contributed by atoms with Crippen LogP contribution in [0.5, 0.6) is 0 Å². The van der Waals surface area contributed by atoms with Crippen LogP contribution < -0.4 is 0 Å². The fourth-order valence-corrected chi connectivity index (χ4v) is 4.39. The molecule has 4 heteroatoms. The summed E-state index contributed by atoms with van der Waals surface area (Å²) in [5.74, 6) is 0.0544. The Hall–Kier alpha value is -1.39. The Morgan fingerprint density at radius 2 is 2.15 bits per heavy atom. The van der Waals surface area contributed by atoms with Gasteiger partial charge in [-0.2, -0.15) is 0 Å². The van der Waals surface area contributed by atoms with Crippen LogP contribution in [0.2, 0.25) is 0 Å². The topological polar surface area (TPSA) is 77.8 Å². The van der Waals surface area contributed by atoms with E-state index in [-0.39, 0.29) is 23.9 Å². The van der Waals surface area contributed by atoms with Crippen molar-refractivity contribution < 1.29 is 20.1 Å². The molecule has 0 amide bonds. The molecule has 0 radical (unpaired) electrons. The van der Waals surface area contributed by atoms with E-state index in [9.17, 15) is 15.0 Å². The summed E-state index contributed by atoms with van der Waals surface area (Å²) >= 11 is 0. The summed E-state index contributed by atoms with van der Waals surface area (Å²) < 4.78 is 0. The minimum Gasteiger partial charge on any atom is -0.481 e. The lowest BCUT2D eigenvalue weighted by molar-refractivity contribution is -0.136. The van der Waals surface area contributed by atoms with Crippen LogP contribution in [0.4, 0.5) is 0 Å². The lowest BCUT2D eigenvalue weighted by Crippen LogP contribution is -2.28. The van der Waals surface area contributed by atoms with Gasteiger partial charge >= 0.3 is 5.97 Å². The average Bonchev–Trinajstić information content (AvgIpc) is 3.11. The smallest absolute Gasteiger partial charge is 0.303 e. The Morgan fingerprint density at radius 3 is 2.81 bits per heavy atom. The summed E-state index contributed by atoms with van der Waals surface area (Å²) in [5, 5.41) is 29.8. The van der Waals surface area contributed by atoms with Crippen molar-refractivity contribution in [2.75, 3.05) is 0 Å². The number of rotatable bonds is 10. The number of aliphatic hydroxyl groups is 2. The normalized spacial score (nSPS) is 29.4. The molecule has 5 atom stereocenters. The molecule has 152 valence electrons. The van der Waals surface area contributed by atoms with Crippen LogP contribution in [-0.2, 0) is 4.79 Å². The van der Waals surface area contributed by atoms with Gasteiger partial charge in [0.25, 0.3) is 0 Å². The quantitative estimate of drug-likeness (QED) is 0.491. The third kappa shape index (κ3) is 6.05. The maximum atomic E-state index is 10.6. The summed E-state index contributed by atoms with van der Waals surface area (Å²) in [6, 6.07) is 0. The first-order valence-corrected chi connectivity index (χ1v) is 10.4. The maximum Gasteiger partial charge on any atom is 0.303 e. The molecule has 0 aromatic heterocycles. The highest BCUT2D eigenvalue weighted by Crippen LogP contribution is 2.47. The van der Waals surface area contributed by atoms with Gasteiger partial charge in [0.15, 0.2) is 0 Å². The number of carboxylic acid groups (broad SMARTS) is 1. The second-order valence-electron chi connectivity index (χ2n) is 8.91. The monoisotopic (exact) mass is 376 g/mol. The molecule has 0 aromatic rings. The zero-order valence-electron chi connectivity index (χ0n) is 17.0. The highest BCUT2D eigenvalue weighted by atomic mass is 16.4. The lowest BCUT2D eigenvalue weighted by atomic mass is 9.80. The molecule has 0 unspecified atom stereocenters. The molecule has 3 N–H and O–H groups in total. The minimum atomic E-state index is -0.773. The average molecular weight is 377 g/mol. The van der Waals surface area contributed by atoms with Crippen LogP contribution >= 0.6 is 0 Å². The van der Waals surface area contributed by atoms with Crippen LogP contribution in [0.25, 0.3) is 0 Å². The molecule has 4 nitrogen and oxygen atoms in total. The van der Waals surface area contributed by atoms with Gasteiger partial charge in [0.2, 0.25) is 0 Å². The van der Waals surface area contributed by atoms with Gasteiger partial charge in [-0.25, -0.2) is 0 Å². The number of hydrogen-bond acceptors (Lipinski definition) is 3. The largest absolute Gasteiger partial charge is 0.481 e. The van der Waals surface area contributed by atoms with Crippen molar-refractivity contribution in [1.82, 2.24) is 0 Å². The van der Waals surface area contributed by atoms with Gasteiger partial charge in [-0.05, 0) is 42.9 Å². The lowest BCUT2D eigenvalue weighted by Gasteiger charge is -2.29. The molecule has 2 rings (SSSR count). The molecule has 0 aliphatic heterocycles. The van der Waals surface area contributed by atoms with Crippen molar-refractivity contribution in [1.29, 1.82) is 0 Å². The highest BCUT2D eigenvalue weighted by molar-refractivity contribution is 5.66. The Kier molecular flexibility index (Phi) is 7.87. The van der Waals surface area contributed by atoms with Gasteiger partial charge in [-0.3, -0.25) is 4.79 Å². The molecular formula is C23H36O4. The zero-order valence-corrected chi connectivity index (χ0v) is 17.0. The first-order valence-electron chi connectivity index (χ1n) is 10.4. The van der Waals surface area contributed by atoms with E-state index in [2.05, 4.69) is 26.8 Å². The minimum absolute atomic E-state index is 0.0767. The van der Waals surface area contributed by atoms with Crippen LogP contribution in [0.15, 0.2) is 36.0 Å². The molecule has 0 heterocycles. The molecule has 2 aliphatic rings. The number of carbonyl (C=O) groups is 1. The predicted molar refractivity (Wildman–Crippen MR) is 108 cm³/mol. The van der Waals surface area contributed by atoms with Gasteiger partial charge in [0.05, 0.1) is 12.2 Å². The number of allylic oxidation sites excluding steroid dienone is 4. The van der Waals surface area contributed by atoms with E-state index in [1.807, 2.05) is 24.3 Å². The molecule has 0 saturated heterocycles. The third-order valence-electron chi connectivity index (χ3n) is 6.25. The molecule has 1 saturated carbocycles. The highest BCUT2D eigenvalue weighted by Gasteiger charge is 2.43. The third-order valence-corrected chi connectivity index (χ3v) is 6.25. The van der Waals surface area contributed by atoms with Crippen LogP contribution in [0.1, 0.15) is 65.7 Å². The van der Waals surface area contributed by atoms with E-state index in [0.29, 0.717) is 18.3 Å². The molecule has 2 aliphatic carbocycles. The van der Waals surface area contributed by atoms with Gasteiger partial charge in [0, 0.05) is 12.3 Å². The van der Waals surface area contributed by atoms with Crippen LogP contribution in [0.3, 0.4) is 0 Å². The molecule has 27 heavy (non-hydrogen) atoms. The summed E-state index contributed by atoms with van der Waals surface area (Å²) in [4.78, 5) is 10.6. The van der Waals surface area contributed by atoms with Crippen molar-refractivity contribution in [3.8, 4) is 0 Å². The van der Waals surface area contributed by atoms with Crippen LogP contribution in [-0.4, -0.2) is 33.5 Å². The molecule has 0 bridgehead atoms. The summed E-state index contributed by atoms with van der Waals surface area (Å²) in [6.45, 7) is 6.36. The van der Waals surface area contributed by atoms with Crippen molar-refractivity contribution in [3.63, 3.8) is 0 Å². The van der Waals surface area contributed by atoms with Crippen molar-refractivity contribution in [2.45, 2.75) is 77.9 Å². The predicted octanol–water partition coefficient (Wildman–Crippen LogP) is 4.48. The van der Waals surface area contributed by atoms with E-state index < -0.39 is 12.1 Å². The zero-order chi connectivity index (χ0) is 20.0. The van der Waals surface area contributed by atoms with E-state index in [1.165, 1.54) is 5.57 Å². The fourth-order valence-electron chi connectivity index (χ4n) is 4.39. The maximum absolute atomic E-state index is 10.6. The van der Waals surface area contributed by atoms with E-state index >= 15 is 0 Å². The molecule has 1 fully saturated rings. The number of fused-ring (bicyclic) bond motifs is 1. The Morgan fingerprint density at radius 1 is 1.41 bits per heavy atom. The Balaban J connectivity index is 1.93. The number of carboxylic acids is 1.